The highest BCUT2D eigenvalue weighted by molar-refractivity contribution is 5.78. The van der Waals surface area contributed by atoms with E-state index in [9.17, 15) is 4.79 Å². The molecule has 2 atom stereocenters. The van der Waals surface area contributed by atoms with Crippen LogP contribution < -0.4 is 10.6 Å². The predicted octanol–water partition coefficient (Wildman–Crippen LogP) is 2.30. The molecule has 3 aliphatic rings. The van der Waals surface area contributed by atoms with Gasteiger partial charge in [-0.1, -0.05) is 30.3 Å². The lowest BCUT2D eigenvalue weighted by molar-refractivity contribution is -0.121. The summed E-state index contributed by atoms with van der Waals surface area (Å²) < 4.78 is 0. The minimum atomic E-state index is 0.177. The van der Waals surface area contributed by atoms with Gasteiger partial charge in [0.2, 0.25) is 5.91 Å². The van der Waals surface area contributed by atoms with Gasteiger partial charge in [-0.3, -0.25) is 9.69 Å². The van der Waals surface area contributed by atoms with Crippen molar-refractivity contribution in [2.24, 2.45) is 5.92 Å². The van der Waals surface area contributed by atoms with Crippen LogP contribution >= 0.6 is 0 Å². The van der Waals surface area contributed by atoms with Crippen molar-refractivity contribution in [3.8, 4) is 0 Å². The van der Waals surface area contributed by atoms with Gasteiger partial charge in [0.15, 0.2) is 0 Å². The third-order valence-corrected chi connectivity index (χ3v) is 5.87. The molecule has 3 fully saturated rings. The predicted molar refractivity (Wildman–Crippen MR) is 95.6 cm³/mol. The molecule has 2 heterocycles. The number of hydrogen-bond acceptors (Lipinski definition) is 3. The van der Waals surface area contributed by atoms with Gasteiger partial charge in [0.1, 0.15) is 0 Å². The van der Waals surface area contributed by atoms with E-state index in [-0.39, 0.29) is 5.91 Å². The van der Waals surface area contributed by atoms with Gasteiger partial charge in [0, 0.05) is 24.7 Å². The van der Waals surface area contributed by atoms with Crippen molar-refractivity contribution < 1.29 is 4.79 Å². The van der Waals surface area contributed by atoms with E-state index < -0.39 is 0 Å². The molecule has 1 aromatic carbocycles. The Balaban J connectivity index is 1.25. The highest BCUT2D eigenvalue weighted by Gasteiger charge is 2.40. The highest BCUT2D eigenvalue weighted by atomic mass is 16.2. The number of nitrogens with one attached hydrogen (secondary N) is 2. The molecule has 4 nitrogen and oxygen atoms in total. The summed E-state index contributed by atoms with van der Waals surface area (Å²) >= 11 is 0. The van der Waals surface area contributed by atoms with Crippen LogP contribution in [0.2, 0.25) is 0 Å². The summed E-state index contributed by atoms with van der Waals surface area (Å²) in [5, 5.41) is 6.56. The first-order chi connectivity index (χ1) is 11.8. The maximum Gasteiger partial charge on any atom is 0.234 e. The van der Waals surface area contributed by atoms with Gasteiger partial charge in [0.05, 0.1) is 6.54 Å². The van der Waals surface area contributed by atoms with Gasteiger partial charge >= 0.3 is 0 Å². The van der Waals surface area contributed by atoms with Crippen molar-refractivity contribution in [1.82, 2.24) is 15.5 Å². The lowest BCUT2D eigenvalue weighted by atomic mass is 9.96. The molecule has 1 amide bonds. The molecule has 2 saturated heterocycles. The molecule has 4 rings (SSSR count). The average Bonchev–Trinajstić information content (AvgIpc) is 3.36. The summed E-state index contributed by atoms with van der Waals surface area (Å²) in [6, 6.07) is 12.4. The quantitative estimate of drug-likeness (QED) is 0.808. The van der Waals surface area contributed by atoms with E-state index in [0.29, 0.717) is 24.7 Å². The number of nitrogens with zero attached hydrogens (tertiary/aromatic N) is 1. The molecule has 2 unspecified atom stereocenters. The molecule has 1 aliphatic carbocycles. The summed E-state index contributed by atoms with van der Waals surface area (Å²) in [7, 11) is 0. The molecule has 1 saturated carbocycles. The summed E-state index contributed by atoms with van der Waals surface area (Å²) in [4.78, 5) is 14.8. The Bertz CT molecular complexity index is 543. The number of rotatable bonds is 7. The zero-order valence-corrected chi connectivity index (χ0v) is 14.4. The second kappa shape index (κ2) is 7.24. The molecule has 1 aromatic rings. The largest absolute Gasteiger partial charge is 0.352 e. The number of amides is 1. The SMILES string of the molecule is O=C(CNCC1CC1)NC1CC2CCC(C1)N2Cc1ccccc1. The molecule has 2 N–H and O–H groups in total. The third-order valence-electron chi connectivity index (χ3n) is 5.87. The molecule has 4 heteroatoms. The van der Waals surface area contributed by atoms with Crippen molar-refractivity contribution in [1.29, 1.82) is 0 Å². The van der Waals surface area contributed by atoms with Gasteiger partial charge in [-0.2, -0.15) is 0 Å². The Kier molecular flexibility index (Phi) is 4.86. The Morgan fingerprint density at radius 3 is 2.42 bits per heavy atom. The van der Waals surface area contributed by atoms with Crippen LogP contribution in [0.4, 0.5) is 0 Å². The minimum Gasteiger partial charge on any atom is -0.352 e. The second-order valence-corrected chi connectivity index (χ2v) is 7.85. The van der Waals surface area contributed by atoms with Gasteiger partial charge in [-0.05, 0) is 56.6 Å². The molecule has 130 valence electrons. The molecular formula is C20H29N3O. The van der Waals surface area contributed by atoms with Gasteiger partial charge in [0.25, 0.3) is 0 Å². The van der Waals surface area contributed by atoms with E-state index in [1.807, 2.05) is 0 Å². The van der Waals surface area contributed by atoms with Crippen molar-refractivity contribution in [3.63, 3.8) is 0 Å². The number of hydrogen-bond donors (Lipinski definition) is 2. The molecule has 0 radical (unpaired) electrons. The van der Waals surface area contributed by atoms with Crippen molar-refractivity contribution in [2.45, 2.75) is 63.2 Å². The molecule has 0 aromatic heterocycles. The maximum atomic E-state index is 12.1. The summed E-state index contributed by atoms with van der Waals surface area (Å²) in [5.41, 5.74) is 1.40. The zero-order chi connectivity index (χ0) is 16.4. The Labute approximate surface area is 145 Å². The van der Waals surface area contributed by atoms with Crippen LogP contribution in [0.5, 0.6) is 0 Å². The molecule has 2 bridgehead atoms. The second-order valence-electron chi connectivity index (χ2n) is 7.85. The number of carbonyl (C=O) groups is 1. The number of fused-ring (bicyclic) bond motifs is 2. The fourth-order valence-electron chi connectivity index (χ4n) is 4.43. The lowest BCUT2D eigenvalue weighted by Crippen LogP contribution is -2.51. The summed E-state index contributed by atoms with van der Waals surface area (Å²) in [5.74, 6) is 1.01. The van der Waals surface area contributed by atoms with Crippen molar-refractivity contribution >= 4 is 5.91 Å². The first-order valence-corrected chi connectivity index (χ1v) is 9.57. The third kappa shape index (κ3) is 3.98. The normalized spacial score (nSPS) is 29.6. The van der Waals surface area contributed by atoms with E-state index in [2.05, 4.69) is 45.9 Å². The molecule has 2 aliphatic heterocycles. The molecule has 0 spiro atoms. The van der Waals surface area contributed by atoms with Crippen LogP contribution in [0.3, 0.4) is 0 Å². The fraction of sp³-hybridized carbons (Fsp3) is 0.650. The first kappa shape index (κ1) is 16.1. The molecular weight excluding hydrogens is 298 g/mol. The average molecular weight is 327 g/mol. The van der Waals surface area contributed by atoms with Crippen LogP contribution in [-0.2, 0) is 11.3 Å². The highest BCUT2D eigenvalue weighted by Crippen LogP contribution is 2.36. The lowest BCUT2D eigenvalue weighted by Gasteiger charge is -2.39. The first-order valence-electron chi connectivity index (χ1n) is 9.57. The van der Waals surface area contributed by atoms with Crippen LogP contribution in [0, 0.1) is 5.92 Å². The van der Waals surface area contributed by atoms with E-state index in [4.69, 9.17) is 0 Å². The van der Waals surface area contributed by atoms with E-state index >= 15 is 0 Å². The van der Waals surface area contributed by atoms with Gasteiger partial charge in [-0.25, -0.2) is 0 Å². The van der Waals surface area contributed by atoms with E-state index in [1.54, 1.807) is 0 Å². The molecule has 24 heavy (non-hydrogen) atoms. The number of piperidine rings is 1. The van der Waals surface area contributed by atoms with Crippen LogP contribution in [0.25, 0.3) is 0 Å². The number of benzene rings is 1. The Hall–Kier alpha value is -1.39. The van der Waals surface area contributed by atoms with E-state index in [0.717, 1.165) is 31.8 Å². The minimum absolute atomic E-state index is 0.177. The van der Waals surface area contributed by atoms with Gasteiger partial charge < -0.3 is 10.6 Å². The monoisotopic (exact) mass is 327 g/mol. The summed E-state index contributed by atoms with van der Waals surface area (Å²) in [6.07, 6.45) is 7.44. The fourth-order valence-corrected chi connectivity index (χ4v) is 4.43. The Morgan fingerprint density at radius 2 is 1.75 bits per heavy atom. The van der Waals surface area contributed by atoms with Crippen LogP contribution in [-0.4, -0.2) is 42.0 Å². The van der Waals surface area contributed by atoms with Crippen molar-refractivity contribution in [2.75, 3.05) is 13.1 Å². The van der Waals surface area contributed by atoms with Crippen molar-refractivity contribution in [3.05, 3.63) is 35.9 Å². The zero-order valence-electron chi connectivity index (χ0n) is 14.4. The number of carbonyl (C=O) groups excluding carboxylic acids is 1. The standard InChI is InChI=1S/C20H29N3O/c24-20(13-21-12-15-6-7-15)22-17-10-18-8-9-19(11-17)23(18)14-16-4-2-1-3-5-16/h1-5,15,17-19,21H,6-14H2,(H,22,24). The Morgan fingerprint density at radius 1 is 1.04 bits per heavy atom. The topological polar surface area (TPSA) is 44.4 Å². The summed E-state index contributed by atoms with van der Waals surface area (Å²) in [6.45, 7) is 2.55. The van der Waals surface area contributed by atoms with Crippen LogP contribution in [0.1, 0.15) is 44.1 Å². The maximum absolute atomic E-state index is 12.1. The van der Waals surface area contributed by atoms with Gasteiger partial charge in [-0.15, -0.1) is 0 Å². The van der Waals surface area contributed by atoms with E-state index in [1.165, 1.54) is 31.2 Å². The smallest absolute Gasteiger partial charge is 0.234 e. The van der Waals surface area contributed by atoms with Crippen LogP contribution in [0.15, 0.2) is 30.3 Å².